The van der Waals surface area contributed by atoms with Crippen molar-refractivity contribution in [3.63, 3.8) is 0 Å². The maximum Gasteiger partial charge on any atom is 0.0464 e. The molecule has 1 N–H and O–H groups in total. The summed E-state index contributed by atoms with van der Waals surface area (Å²) in [5, 5.41) is 4.59. The molecule has 0 unspecified atom stereocenters. The van der Waals surface area contributed by atoms with Crippen LogP contribution in [0.5, 0.6) is 0 Å². The Kier molecular flexibility index (Phi) is 2.09. The summed E-state index contributed by atoms with van der Waals surface area (Å²) in [7, 11) is 0. The maximum absolute atomic E-state index is 4.59. The Hall–Kier alpha value is -0.530. The lowest BCUT2D eigenvalue weighted by Crippen LogP contribution is -2.32. The zero-order valence-electron chi connectivity index (χ0n) is 8.93. The minimum Gasteiger partial charge on any atom is -0.305 e. The van der Waals surface area contributed by atoms with Gasteiger partial charge < -0.3 is 5.43 Å². The maximum atomic E-state index is 4.59. The Morgan fingerprint density at radius 3 is 1.85 bits per heavy atom. The summed E-state index contributed by atoms with van der Waals surface area (Å²) >= 11 is 0. The lowest BCUT2D eigenvalue weighted by atomic mass is 10.1. The molecule has 13 heavy (non-hydrogen) atoms. The van der Waals surface area contributed by atoms with Crippen LogP contribution in [0.3, 0.4) is 0 Å². The quantitative estimate of drug-likeness (QED) is 0.524. The fraction of sp³-hybridized carbons (Fsp3) is 0.909. The predicted octanol–water partition coefficient (Wildman–Crippen LogP) is 2.55. The largest absolute Gasteiger partial charge is 0.305 e. The Morgan fingerprint density at radius 2 is 1.54 bits per heavy atom. The first kappa shape index (κ1) is 9.04. The average Bonchev–Trinajstić information content (AvgIpc) is 2.80. The van der Waals surface area contributed by atoms with Crippen LogP contribution in [0.25, 0.3) is 0 Å². The van der Waals surface area contributed by atoms with E-state index >= 15 is 0 Å². The molecule has 0 bridgehead atoms. The van der Waals surface area contributed by atoms with Crippen molar-refractivity contribution < 1.29 is 0 Å². The molecule has 0 aromatic heterocycles. The molecular weight excluding hydrogens is 160 g/mol. The van der Waals surface area contributed by atoms with E-state index in [-0.39, 0.29) is 5.54 Å². The Bertz CT molecular complexity index is 203. The van der Waals surface area contributed by atoms with Gasteiger partial charge in [-0.05, 0) is 58.3 Å². The van der Waals surface area contributed by atoms with Crippen LogP contribution in [0.15, 0.2) is 5.10 Å². The first-order valence-electron chi connectivity index (χ1n) is 5.41. The van der Waals surface area contributed by atoms with E-state index in [1.165, 1.54) is 31.4 Å². The van der Waals surface area contributed by atoms with E-state index in [1.54, 1.807) is 0 Å². The third kappa shape index (κ3) is 2.71. The summed E-state index contributed by atoms with van der Waals surface area (Å²) in [4.78, 5) is 0. The number of hydrazone groups is 1. The van der Waals surface area contributed by atoms with Crippen LogP contribution in [0.4, 0.5) is 0 Å². The van der Waals surface area contributed by atoms with Crippen molar-refractivity contribution in [3.8, 4) is 0 Å². The second-order valence-electron chi connectivity index (χ2n) is 5.45. The van der Waals surface area contributed by atoms with Gasteiger partial charge in [0.1, 0.15) is 0 Å². The summed E-state index contributed by atoms with van der Waals surface area (Å²) in [6, 6.07) is 0. The fourth-order valence-corrected chi connectivity index (χ4v) is 1.51. The van der Waals surface area contributed by atoms with E-state index in [0.717, 1.165) is 11.8 Å². The van der Waals surface area contributed by atoms with E-state index in [4.69, 9.17) is 0 Å². The molecule has 2 fully saturated rings. The van der Waals surface area contributed by atoms with Crippen molar-refractivity contribution in [3.05, 3.63) is 0 Å². The van der Waals surface area contributed by atoms with Gasteiger partial charge >= 0.3 is 0 Å². The van der Waals surface area contributed by atoms with Crippen molar-refractivity contribution in [2.24, 2.45) is 16.9 Å². The highest BCUT2D eigenvalue weighted by molar-refractivity contribution is 5.92. The second kappa shape index (κ2) is 3.00. The van der Waals surface area contributed by atoms with Gasteiger partial charge in [-0.2, -0.15) is 5.10 Å². The summed E-state index contributed by atoms with van der Waals surface area (Å²) < 4.78 is 0. The van der Waals surface area contributed by atoms with Gasteiger partial charge in [0.15, 0.2) is 0 Å². The third-order valence-electron chi connectivity index (χ3n) is 2.51. The standard InChI is InChI=1S/C11H20N2/c1-11(2,3)13-12-10(8-4-5-8)9-6-7-9/h8-9,13H,4-7H2,1-3H3. The predicted molar refractivity (Wildman–Crippen MR) is 55.8 cm³/mol. The summed E-state index contributed by atoms with van der Waals surface area (Å²) in [5.41, 5.74) is 4.84. The van der Waals surface area contributed by atoms with E-state index in [2.05, 4.69) is 31.3 Å². The highest BCUT2D eigenvalue weighted by Gasteiger charge is 2.38. The summed E-state index contributed by atoms with van der Waals surface area (Å²) in [6.45, 7) is 6.48. The Morgan fingerprint density at radius 1 is 1.08 bits per heavy atom. The van der Waals surface area contributed by atoms with Gasteiger partial charge in [0.2, 0.25) is 0 Å². The molecule has 0 aliphatic heterocycles. The lowest BCUT2D eigenvalue weighted by Gasteiger charge is -2.18. The summed E-state index contributed by atoms with van der Waals surface area (Å²) in [6.07, 6.45) is 5.50. The molecule has 2 nitrogen and oxygen atoms in total. The fourth-order valence-electron chi connectivity index (χ4n) is 1.51. The Labute approximate surface area is 80.8 Å². The van der Waals surface area contributed by atoms with Crippen LogP contribution in [0.2, 0.25) is 0 Å². The highest BCUT2D eigenvalue weighted by Crippen LogP contribution is 2.41. The molecule has 2 saturated carbocycles. The number of hydrogen-bond donors (Lipinski definition) is 1. The molecule has 0 atom stereocenters. The van der Waals surface area contributed by atoms with Gasteiger partial charge in [0, 0.05) is 11.3 Å². The van der Waals surface area contributed by atoms with Crippen molar-refractivity contribution in [2.45, 2.75) is 52.0 Å². The van der Waals surface area contributed by atoms with E-state index in [9.17, 15) is 0 Å². The van der Waals surface area contributed by atoms with E-state index in [1.807, 2.05) is 0 Å². The number of nitrogens with one attached hydrogen (secondary N) is 1. The smallest absolute Gasteiger partial charge is 0.0464 e. The SMILES string of the molecule is CC(C)(C)NN=C(C1CC1)C1CC1. The van der Waals surface area contributed by atoms with E-state index in [0.29, 0.717) is 0 Å². The molecular formula is C11H20N2. The topological polar surface area (TPSA) is 24.4 Å². The molecule has 2 heteroatoms. The molecule has 0 spiro atoms. The average molecular weight is 180 g/mol. The van der Waals surface area contributed by atoms with Crippen LogP contribution < -0.4 is 5.43 Å². The van der Waals surface area contributed by atoms with E-state index < -0.39 is 0 Å². The van der Waals surface area contributed by atoms with Gasteiger partial charge in [0.25, 0.3) is 0 Å². The monoisotopic (exact) mass is 180 g/mol. The molecule has 2 aliphatic rings. The zero-order valence-corrected chi connectivity index (χ0v) is 8.93. The zero-order chi connectivity index (χ0) is 9.47. The van der Waals surface area contributed by atoms with Crippen molar-refractivity contribution in [1.82, 2.24) is 5.43 Å². The van der Waals surface area contributed by atoms with Gasteiger partial charge in [-0.15, -0.1) is 0 Å². The molecule has 0 amide bonds. The molecule has 0 radical (unpaired) electrons. The third-order valence-corrected chi connectivity index (χ3v) is 2.51. The van der Waals surface area contributed by atoms with Crippen LogP contribution in [0, 0.1) is 11.8 Å². The van der Waals surface area contributed by atoms with Crippen LogP contribution >= 0.6 is 0 Å². The first-order chi connectivity index (χ1) is 6.06. The van der Waals surface area contributed by atoms with Crippen LogP contribution in [-0.4, -0.2) is 11.3 Å². The van der Waals surface area contributed by atoms with Gasteiger partial charge in [-0.3, -0.25) is 0 Å². The molecule has 74 valence electrons. The minimum absolute atomic E-state index is 0.120. The van der Waals surface area contributed by atoms with Gasteiger partial charge in [-0.1, -0.05) is 0 Å². The normalized spacial score (nSPS) is 22.7. The molecule has 0 aromatic carbocycles. The Balaban J connectivity index is 1.93. The molecule has 2 rings (SSSR count). The van der Waals surface area contributed by atoms with Crippen molar-refractivity contribution in [1.29, 1.82) is 0 Å². The minimum atomic E-state index is 0.120. The second-order valence-corrected chi connectivity index (χ2v) is 5.45. The lowest BCUT2D eigenvalue weighted by molar-refractivity contribution is 0.439. The number of rotatable bonds is 3. The highest BCUT2D eigenvalue weighted by atomic mass is 15.3. The van der Waals surface area contributed by atoms with Crippen LogP contribution in [-0.2, 0) is 0 Å². The van der Waals surface area contributed by atoms with Crippen molar-refractivity contribution >= 4 is 5.71 Å². The van der Waals surface area contributed by atoms with Crippen molar-refractivity contribution in [2.75, 3.05) is 0 Å². The van der Waals surface area contributed by atoms with Gasteiger partial charge in [-0.25, -0.2) is 0 Å². The van der Waals surface area contributed by atoms with Gasteiger partial charge in [0.05, 0.1) is 0 Å². The molecule has 0 heterocycles. The molecule has 0 aromatic rings. The van der Waals surface area contributed by atoms with Crippen LogP contribution in [0.1, 0.15) is 46.5 Å². The molecule has 2 aliphatic carbocycles. The first-order valence-corrected chi connectivity index (χ1v) is 5.41. The molecule has 0 saturated heterocycles. The number of hydrogen-bond acceptors (Lipinski definition) is 2. The summed E-state index contributed by atoms with van der Waals surface area (Å²) in [5.74, 6) is 1.67. The number of nitrogens with zero attached hydrogens (tertiary/aromatic N) is 1.